The zero-order valence-corrected chi connectivity index (χ0v) is 13.7. The van der Waals surface area contributed by atoms with Gasteiger partial charge in [0.05, 0.1) is 23.7 Å². The van der Waals surface area contributed by atoms with Crippen molar-refractivity contribution in [1.82, 2.24) is 9.55 Å². The van der Waals surface area contributed by atoms with E-state index in [4.69, 9.17) is 9.72 Å². The number of benzene rings is 2. The molecular formula is C20H22N2O. The monoisotopic (exact) mass is 306 g/mol. The Labute approximate surface area is 136 Å². The topological polar surface area (TPSA) is 27.1 Å². The van der Waals surface area contributed by atoms with Crippen LogP contribution in [0.2, 0.25) is 0 Å². The van der Waals surface area contributed by atoms with Crippen molar-refractivity contribution in [2.24, 2.45) is 0 Å². The maximum atomic E-state index is 5.87. The van der Waals surface area contributed by atoms with Crippen molar-refractivity contribution in [3.8, 4) is 11.4 Å². The Hall–Kier alpha value is -2.13. The third-order valence-electron chi connectivity index (χ3n) is 4.69. The van der Waals surface area contributed by atoms with Crippen LogP contribution in [-0.4, -0.2) is 22.3 Å². The summed E-state index contributed by atoms with van der Waals surface area (Å²) in [6, 6.07) is 15.0. The van der Waals surface area contributed by atoms with Gasteiger partial charge in [-0.15, -0.1) is 0 Å². The van der Waals surface area contributed by atoms with Gasteiger partial charge in [-0.2, -0.15) is 0 Å². The van der Waals surface area contributed by atoms with Crippen molar-refractivity contribution < 1.29 is 4.74 Å². The van der Waals surface area contributed by atoms with Gasteiger partial charge in [0.15, 0.2) is 0 Å². The van der Waals surface area contributed by atoms with Crippen LogP contribution in [0.15, 0.2) is 42.5 Å². The first-order chi connectivity index (χ1) is 11.2. The quantitative estimate of drug-likeness (QED) is 0.712. The standard InChI is InChI=1S/C20H22N2O/c1-14-9-10-17(15(2)12-14)20-21-18-7-3-4-8-19(18)22(20)13-16-6-5-11-23-16/h3-4,7-10,12,16H,5-6,11,13H2,1-2H3. The maximum Gasteiger partial charge on any atom is 0.141 e. The van der Waals surface area contributed by atoms with Gasteiger partial charge in [0.2, 0.25) is 0 Å². The van der Waals surface area contributed by atoms with Crippen molar-refractivity contribution in [3.63, 3.8) is 0 Å². The van der Waals surface area contributed by atoms with Crippen LogP contribution in [0.4, 0.5) is 0 Å². The zero-order chi connectivity index (χ0) is 15.8. The number of imidazole rings is 1. The summed E-state index contributed by atoms with van der Waals surface area (Å²) in [7, 11) is 0. The normalized spacial score (nSPS) is 17.9. The number of hydrogen-bond donors (Lipinski definition) is 0. The van der Waals surface area contributed by atoms with Gasteiger partial charge in [-0.05, 0) is 44.4 Å². The first-order valence-corrected chi connectivity index (χ1v) is 8.37. The lowest BCUT2D eigenvalue weighted by molar-refractivity contribution is 0.0982. The Morgan fingerprint density at radius 2 is 2.04 bits per heavy atom. The highest BCUT2D eigenvalue weighted by atomic mass is 16.5. The average Bonchev–Trinajstić information content (AvgIpc) is 3.16. The molecular weight excluding hydrogens is 284 g/mol. The first kappa shape index (κ1) is 14.5. The predicted molar refractivity (Wildman–Crippen MR) is 93.6 cm³/mol. The van der Waals surface area contributed by atoms with Crippen molar-refractivity contribution in [2.75, 3.05) is 6.61 Å². The van der Waals surface area contributed by atoms with Gasteiger partial charge in [0, 0.05) is 12.2 Å². The van der Waals surface area contributed by atoms with E-state index in [1.807, 2.05) is 0 Å². The molecule has 3 nitrogen and oxygen atoms in total. The molecule has 0 bridgehead atoms. The summed E-state index contributed by atoms with van der Waals surface area (Å²) < 4.78 is 8.20. The van der Waals surface area contributed by atoms with Crippen LogP contribution in [0.1, 0.15) is 24.0 Å². The lowest BCUT2D eigenvalue weighted by Gasteiger charge is -2.15. The molecule has 1 saturated heterocycles. The molecule has 4 rings (SSSR count). The number of ether oxygens (including phenoxy) is 1. The van der Waals surface area contributed by atoms with Gasteiger partial charge in [-0.25, -0.2) is 4.98 Å². The Morgan fingerprint density at radius 1 is 1.17 bits per heavy atom. The first-order valence-electron chi connectivity index (χ1n) is 8.37. The van der Waals surface area contributed by atoms with Crippen LogP contribution in [0, 0.1) is 13.8 Å². The number of aryl methyl sites for hydroxylation is 2. The SMILES string of the molecule is Cc1ccc(-c2nc3ccccc3n2CC2CCCO2)c(C)c1. The van der Waals surface area contributed by atoms with E-state index in [9.17, 15) is 0 Å². The summed E-state index contributed by atoms with van der Waals surface area (Å²) in [5, 5.41) is 0. The molecule has 2 heterocycles. The molecule has 118 valence electrons. The molecule has 23 heavy (non-hydrogen) atoms. The molecule has 2 aromatic carbocycles. The summed E-state index contributed by atoms with van der Waals surface area (Å²) in [6.07, 6.45) is 2.60. The van der Waals surface area contributed by atoms with Crippen molar-refractivity contribution in [2.45, 2.75) is 39.3 Å². The number of nitrogens with zero attached hydrogens (tertiary/aromatic N) is 2. The number of rotatable bonds is 3. The molecule has 0 aliphatic carbocycles. The number of para-hydroxylation sites is 2. The van der Waals surface area contributed by atoms with E-state index in [1.54, 1.807) is 0 Å². The van der Waals surface area contributed by atoms with Crippen molar-refractivity contribution >= 4 is 11.0 Å². The van der Waals surface area contributed by atoms with Crippen LogP contribution in [-0.2, 0) is 11.3 Å². The minimum absolute atomic E-state index is 0.303. The van der Waals surface area contributed by atoms with E-state index >= 15 is 0 Å². The molecule has 1 atom stereocenters. The minimum atomic E-state index is 0.303. The summed E-state index contributed by atoms with van der Waals surface area (Å²) in [5.41, 5.74) is 6.02. The second-order valence-corrected chi connectivity index (χ2v) is 6.49. The number of aromatic nitrogens is 2. The maximum absolute atomic E-state index is 5.87. The van der Waals surface area contributed by atoms with Crippen molar-refractivity contribution in [1.29, 1.82) is 0 Å². The summed E-state index contributed by atoms with van der Waals surface area (Å²) >= 11 is 0. The van der Waals surface area contributed by atoms with E-state index in [1.165, 1.54) is 22.2 Å². The van der Waals surface area contributed by atoms with E-state index in [2.05, 4.69) is 60.9 Å². The molecule has 3 heteroatoms. The Balaban J connectivity index is 1.87. The van der Waals surface area contributed by atoms with Gasteiger partial charge in [-0.3, -0.25) is 0 Å². The van der Waals surface area contributed by atoms with Gasteiger partial charge in [-0.1, -0.05) is 35.9 Å². The lowest BCUT2D eigenvalue weighted by atomic mass is 10.1. The minimum Gasteiger partial charge on any atom is -0.376 e. The second-order valence-electron chi connectivity index (χ2n) is 6.49. The van der Waals surface area contributed by atoms with Crippen LogP contribution >= 0.6 is 0 Å². The molecule has 1 fully saturated rings. The third kappa shape index (κ3) is 2.66. The highest BCUT2D eigenvalue weighted by Gasteiger charge is 2.21. The van der Waals surface area contributed by atoms with E-state index in [0.29, 0.717) is 6.10 Å². The molecule has 1 unspecified atom stereocenters. The number of hydrogen-bond acceptors (Lipinski definition) is 2. The van der Waals surface area contributed by atoms with Crippen molar-refractivity contribution in [3.05, 3.63) is 53.6 Å². The fourth-order valence-electron chi connectivity index (χ4n) is 3.52. The number of fused-ring (bicyclic) bond motifs is 1. The Bertz CT molecular complexity index is 844. The van der Waals surface area contributed by atoms with Gasteiger partial charge in [0.1, 0.15) is 5.82 Å². The van der Waals surface area contributed by atoms with Crippen LogP contribution in [0.5, 0.6) is 0 Å². The average molecular weight is 306 g/mol. The third-order valence-corrected chi connectivity index (χ3v) is 4.69. The molecule has 0 saturated carbocycles. The molecule has 1 aromatic heterocycles. The zero-order valence-electron chi connectivity index (χ0n) is 13.7. The Kier molecular flexibility index (Phi) is 3.66. The molecule has 0 amide bonds. The second kappa shape index (κ2) is 5.82. The predicted octanol–water partition coefficient (Wildman–Crippen LogP) is 4.50. The lowest BCUT2D eigenvalue weighted by Crippen LogP contribution is -2.16. The van der Waals surface area contributed by atoms with Crippen LogP contribution in [0.3, 0.4) is 0 Å². The van der Waals surface area contributed by atoms with E-state index in [0.717, 1.165) is 37.3 Å². The fourth-order valence-corrected chi connectivity index (χ4v) is 3.52. The molecule has 0 N–H and O–H groups in total. The molecule has 3 aromatic rings. The largest absolute Gasteiger partial charge is 0.376 e. The van der Waals surface area contributed by atoms with Crippen LogP contribution in [0.25, 0.3) is 22.4 Å². The molecule has 0 spiro atoms. The highest BCUT2D eigenvalue weighted by Crippen LogP contribution is 2.29. The van der Waals surface area contributed by atoms with E-state index < -0.39 is 0 Å². The highest BCUT2D eigenvalue weighted by molar-refractivity contribution is 5.81. The summed E-state index contributed by atoms with van der Waals surface area (Å²) in [5.74, 6) is 1.05. The fraction of sp³-hybridized carbons (Fsp3) is 0.350. The molecule has 1 aliphatic heterocycles. The van der Waals surface area contributed by atoms with Gasteiger partial charge >= 0.3 is 0 Å². The van der Waals surface area contributed by atoms with E-state index in [-0.39, 0.29) is 0 Å². The summed E-state index contributed by atoms with van der Waals surface area (Å²) in [6.45, 7) is 6.06. The summed E-state index contributed by atoms with van der Waals surface area (Å²) in [4.78, 5) is 4.92. The Morgan fingerprint density at radius 3 is 2.83 bits per heavy atom. The molecule has 0 radical (unpaired) electrons. The van der Waals surface area contributed by atoms with Crippen LogP contribution < -0.4 is 0 Å². The smallest absolute Gasteiger partial charge is 0.141 e. The van der Waals surface area contributed by atoms with Gasteiger partial charge in [0.25, 0.3) is 0 Å². The molecule has 1 aliphatic rings. The van der Waals surface area contributed by atoms with Gasteiger partial charge < -0.3 is 9.30 Å².